The first kappa shape index (κ1) is 14.1. The summed E-state index contributed by atoms with van der Waals surface area (Å²) in [6.45, 7) is 0.531. The summed E-state index contributed by atoms with van der Waals surface area (Å²) in [4.78, 5) is 24.8. The van der Waals surface area contributed by atoms with E-state index in [0.29, 0.717) is 13.0 Å². The van der Waals surface area contributed by atoms with Crippen molar-refractivity contribution in [3.63, 3.8) is 0 Å². The zero-order valence-corrected chi connectivity index (χ0v) is 11.3. The predicted molar refractivity (Wildman–Crippen MR) is 68.9 cm³/mol. The van der Waals surface area contributed by atoms with Gasteiger partial charge in [-0.3, -0.25) is 0 Å². The zero-order chi connectivity index (χ0) is 13.8. The van der Waals surface area contributed by atoms with Crippen molar-refractivity contribution in [2.24, 2.45) is 0 Å². The van der Waals surface area contributed by atoms with Crippen molar-refractivity contribution in [3.05, 3.63) is 0 Å². The number of rotatable bonds is 3. The Hall–Kier alpha value is -1.30. The Morgan fingerprint density at radius 3 is 2.68 bits per heavy atom. The number of piperidine rings is 1. The normalized spacial score (nSPS) is 31.2. The average molecular weight is 270 g/mol. The first-order valence-corrected chi connectivity index (χ1v) is 6.94. The molecule has 2 amide bonds. The lowest BCUT2D eigenvalue weighted by atomic mass is 10.0. The lowest BCUT2D eigenvalue weighted by Crippen LogP contribution is -2.53. The van der Waals surface area contributed by atoms with E-state index >= 15 is 0 Å². The third kappa shape index (κ3) is 3.37. The summed E-state index contributed by atoms with van der Waals surface area (Å²) in [6, 6.07) is -0.809. The van der Waals surface area contributed by atoms with Gasteiger partial charge >= 0.3 is 12.0 Å². The van der Waals surface area contributed by atoms with Crippen LogP contribution in [0.2, 0.25) is 0 Å². The molecule has 1 saturated carbocycles. The number of nitrogens with one attached hydrogen (secondary N) is 1. The van der Waals surface area contributed by atoms with Crippen molar-refractivity contribution in [2.45, 2.75) is 56.7 Å². The van der Waals surface area contributed by atoms with E-state index in [1.165, 1.54) is 4.90 Å². The molecule has 3 atom stereocenters. The number of likely N-dealkylation sites (tertiary alicyclic amines) is 1. The second-order valence-electron chi connectivity index (χ2n) is 5.36. The van der Waals surface area contributed by atoms with Crippen LogP contribution in [0, 0.1) is 0 Å². The third-order valence-electron chi connectivity index (χ3n) is 4.09. The number of amides is 2. The van der Waals surface area contributed by atoms with Gasteiger partial charge in [-0.1, -0.05) is 0 Å². The molecule has 1 heterocycles. The van der Waals surface area contributed by atoms with E-state index in [9.17, 15) is 9.59 Å². The summed E-state index contributed by atoms with van der Waals surface area (Å²) in [5, 5.41) is 12.1. The fourth-order valence-corrected chi connectivity index (χ4v) is 2.97. The molecular formula is C13H22N2O4. The Bertz CT molecular complexity index is 348. The highest BCUT2D eigenvalue weighted by Crippen LogP contribution is 2.23. The van der Waals surface area contributed by atoms with Crippen LogP contribution in [0.3, 0.4) is 0 Å². The molecule has 2 fully saturated rings. The molecule has 3 unspecified atom stereocenters. The third-order valence-corrected chi connectivity index (χ3v) is 4.09. The van der Waals surface area contributed by atoms with Crippen LogP contribution >= 0.6 is 0 Å². The Morgan fingerprint density at radius 2 is 2.05 bits per heavy atom. The number of urea groups is 1. The van der Waals surface area contributed by atoms with Crippen LogP contribution < -0.4 is 5.32 Å². The van der Waals surface area contributed by atoms with Gasteiger partial charge in [0.05, 0.1) is 6.10 Å². The maximum atomic E-state index is 12.2. The van der Waals surface area contributed by atoms with Gasteiger partial charge < -0.3 is 20.1 Å². The van der Waals surface area contributed by atoms with Crippen molar-refractivity contribution in [1.82, 2.24) is 10.2 Å². The van der Waals surface area contributed by atoms with Gasteiger partial charge in [0.25, 0.3) is 0 Å². The minimum atomic E-state index is -0.906. The topological polar surface area (TPSA) is 78.9 Å². The molecule has 19 heavy (non-hydrogen) atoms. The highest BCUT2D eigenvalue weighted by atomic mass is 16.5. The average Bonchev–Trinajstić information content (AvgIpc) is 2.86. The second-order valence-corrected chi connectivity index (χ2v) is 5.36. The molecule has 0 aromatic carbocycles. The van der Waals surface area contributed by atoms with Crippen LogP contribution in [0.5, 0.6) is 0 Å². The van der Waals surface area contributed by atoms with Crippen LogP contribution in [-0.4, -0.2) is 53.8 Å². The molecule has 1 aliphatic carbocycles. The number of nitrogens with zero attached hydrogens (tertiary/aromatic N) is 1. The minimum absolute atomic E-state index is 0.105. The van der Waals surface area contributed by atoms with Crippen LogP contribution in [0.25, 0.3) is 0 Å². The summed E-state index contributed by atoms with van der Waals surface area (Å²) < 4.78 is 5.27. The van der Waals surface area contributed by atoms with Gasteiger partial charge in [0.2, 0.25) is 0 Å². The Kier molecular flexibility index (Phi) is 4.63. The molecule has 0 bridgehead atoms. The van der Waals surface area contributed by atoms with Crippen LogP contribution in [-0.2, 0) is 9.53 Å². The lowest BCUT2D eigenvalue weighted by Gasteiger charge is -2.33. The van der Waals surface area contributed by atoms with Crippen LogP contribution in [0.1, 0.15) is 38.5 Å². The minimum Gasteiger partial charge on any atom is -0.480 e. The Balaban J connectivity index is 1.89. The number of aliphatic carboxylic acids is 1. The maximum Gasteiger partial charge on any atom is 0.326 e. The van der Waals surface area contributed by atoms with E-state index < -0.39 is 12.0 Å². The molecule has 2 N–H and O–H groups in total. The van der Waals surface area contributed by atoms with Gasteiger partial charge in [-0.15, -0.1) is 0 Å². The van der Waals surface area contributed by atoms with E-state index in [1.807, 2.05) is 0 Å². The molecule has 2 rings (SSSR count). The van der Waals surface area contributed by atoms with E-state index in [0.717, 1.165) is 32.1 Å². The molecule has 0 spiro atoms. The predicted octanol–water partition coefficient (Wildman–Crippen LogP) is 1.20. The van der Waals surface area contributed by atoms with Crippen LogP contribution in [0.15, 0.2) is 0 Å². The highest BCUT2D eigenvalue weighted by Gasteiger charge is 2.34. The molecule has 6 heteroatoms. The van der Waals surface area contributed by atoms with Crippen molar-refractivity contribution in [1.29, 1.82) is 0 Å². The van der Waals surface area contributed by atoms with E-state index in [1.54, 1.807) is 7.11 Å². The molecule has 0 aromatic rings. The zero-order valence-electron chi connectivity index (χ0n) is 11.3. The maximum absolute atomic E-state index is 12.2. The van der Waals surface area contributed by atoms with Gasteiger partial charge in [0, 0.05) is 19.7 Å². The highest BCUT2D eigenvalue weighted by molar-refractivity contribution is 5.83. The standard InChI is InChI=1S/C13H22N2O4/c1-19-10-6-5-9(8-10)14-13(18)15-7-3-2-4-11(15)12(16)17/h9-11H,2-8H2,1H3,(H,14,18)(H,16,17). The van der Waals surface area contributed by atoms with Crippen LogP contribution in [0.4, 0.5) is 4.79 Å². The molecular weight excluding hydrogens is 248 g/mol. The van der Waals surface area contributed by atoms with E-state index in [4.69, 9.17) is 9.84 Å². The Morgan fingerprint density at radius 1 is 1.26 bits per heavy atom. The molecule has 1 aliphatic heterocycles. The number of methoxy groups -OCH3 is 1. The second kappa shape index (κ2) is 6.23. The van der Waals surface area contributed by atoms with E-state index in [-0.39, 0.29) is 18.2 Å². The fraction of sp³-hybridized carbons (Fsp3) is 0.846. The summed E-state index contributed by atoms with van der Waals surface area (Å²) in [5.41, 5.74) is 0. The molecule has 1 saturated heterocycles. The van der Waals surface area contributed by atoms with Gasteiger partial charge in [-0.2, -0.15) is 0 Å². The van der Waals surface area contributed by atoms with Crippen molar-refractivity contribution < 1.29 is 19.4 Å². The number of hydrogen-bond donors (Lipinski definition) is 2. The number of ether oxygens (including phenoxy) is 1. The lowest BCUT2D eigenvalue weighted by molar-refractivity contribution is -0.143. The summed E-state index contributed by atoms with van der Waals surface area (Å²) in [6.07, 6.45) is 5.17. The number of carbonyl (C=O) groups excluding carboxylic acids is 1. The number of carboxylic acids is 1. The van der Waals surface area contributed by atoms with Gasteiger partial charge in [-0.25, -0.2) is 9.59 Å². The van der Waals surface area contributed by atoms with Gasteiger partial charge in [0.15, 0.2) is 0 Å². The molecule has 2 aliphatic rings. The molecule has 6 nitrogen and oxygen atoms in total. The van der Waals surface area contributed by atoms with E-state index in [2.05, 4.69) is 5.32 Å². The number of carboxylic acid groups (broad SMARTS) is 1. The monoisotopic (exact) mass is 270 g/mol. The first-order valence-electron chi connectivity index (χ1n) is 6.94. The molecule has 108 valence electrons. The first-order chi connectivity index (χ1) is 9.11. The molecule has 0 radical (unpaired) electrons. The van der Waals surface area contributed by atoms with Crippen molar-refractivity contribution >= 4 is 12.0 Å². The summed E-state index contributed by atoms with van der Waals surface area (Å²) in [7, 11) is 1.68. The number of carbonyl (C=O) groups is 2. The largest absolute Gasteiger partial charge is 0.480 e. The summed E-state index contributed by atoms with van der Waals surface area (Å²) >= 11 is 0. The van der Waals surface area contributed by atoms with Crippen molar-refractivity contribution in [2.75, 3.05) is 13.7 Å². The van der Waals surface area contributed by atoms with Gasteiger partial charge in [0.1, 0.15) is 6.04 Å². The SMILES string of the molecule is COC1CCC(NC(=O)N2CCCCC2C(=O)O)C1. The molecule has 0 aromatic heterocycles. The fourth-order valence-electron chi connectivity index (χ4n) is 2.97. The Labute approximate surface area is 113 Å². The van der Waals surface area contributed by atoms with Crippen molar-refractivity contribution in [3.8, 4) is 0 Å². The summed E-state index contributed by atoms with van der Waals surface area (Å²) in [5.74, 6) is -0.906. The van der Waals surface area contributed by atoms with Gasteiger partial charge in [-0.05, 0) is 38.5 Å². The quantitative estimate of drug-likeness (QED) is 0.807. The smallest absolute Gasteiger partial charge is 0.326 e. The number of hydrogen-bond acceptors (Lipinski definition) is 3.